The number of nitrogens with zero attached hydrogens (tertiary/aromatic N) is 1. The minimum Gasteiger partial charge on any atom is -0.392 e. The summed E-state index contributed by atoms with van der Waals surface area (Å²) in [6, 6.07) is -0.0674. The monoisotopic (exact) mass is 346 g/mol. The normalized spacial score (nSPS) is 28.1. The Morgan fingerprint density at radius 2 is 2.20 bits per heavy atom. The second kappa shape index (κ2) is 6.45. The van der Waals surface area contributed by atoms with Crippen molar-refractivity contribution >= 4 is 22.0 Å². The molecule has 2 aliphatic rings. The molecule has 2 atom stereocenters. The van der Waals surface area contributed by atoms with Gasteiger partial charge in [-0.2, -0.15) is 0 Å². The summed E-state index contributed by atoms with van der Waals surface area (Å²) in [5.74, 6) is 0. The molecule has 2 N–H and O–H groups in total. The molecular formula is C14H23BrN2O3. The molecular weight excluding hydrogens is 324 g/mol. The van der Waals surface area contributed by atoms with E-state index in [2.05, 4.69) is 27.8 Å². The summed E-state index contributed by atoms with van der Waals surface area (Å²) in [7, 11) is 0. The number of carbonyl (C=O) groups excluding carboxylic acids is 1. The topological polar surface area (TPSA) is 61.8 Å². The third-order valence-corrected chi connectivity index (χ3v) is 4.80. The molecule has 1 aliphatic carbocycles. The molecule has 1 saturated heterocycles. The molecule has 1 saturated carbocycles. The number of carbonyl (C=O) groups is 1. The van der Waals surface area contributed by atoms with E-state index in [0.29, 0.717) is 26.2 Å². The predicted molar refractivity (Wildman–Crippen MR) is 80.7 cm³/mol. The standard InChI is InChI=1S/C14H23BrN2O3/c1-3-20-12-8-11(18)14(12)4-6-17(7-5-14)13(19)16-9-10(2)15/h11-12,18H,2-9H2,1H3,(H,16,19)/t11-,12+/m1/s1. The highest BCUT2D eigenvalue weighted by Gasteiger charge is 2.56. The first kappa shape index (κ1) is 15.8. The van der Waals surface area contributed by atoms with Crippen LogP contribution in [-0.4, -0.2) is 54.5 Å². The third-order valence-electron chi connectivity index (χ3n) is 4.52. The van der Waals surface area contributed by atoms with Crippen LogP contribution in [-0.2, 0) is 4.74 Å². The zero-order valence-electron chi connectivity index (χ0n) is 11.9. The molecule has 1 spiro atoms. The number of nitrogens with one attached hydrogen (secondary N) is 1. The van der Waals surface area contributed by atoms with E-state index in [9.17, 15) is 9.90 Å². The second-order valence-electron chi connectivity index (χ2n) is 5.59. The average molecular weight is 347 g/mol. The summed E-state index contributed by atoms with van der Waals surface area (Å²) in [6.07, 6.45) is 2.20. The molecule has 20 heavy (non-hydrogen) atoms. The van der Waals surface area contributed by atoms with Crippen molar-refractivity contribution in [1.29, 1.82) is 0 Å². The van der Waals surface area contributed by atoms with Gasteiger partial charge in [-0.15, -0.1) is 0 Å². The Morgan fingerprint density at radius 1 is 1.55 bits per heavy atom. The van der Waals surface area contributed by atoms with Crippen molar-refractivity contribution in [2.24, 2.45) is 5.41 Å². The third kappa shape index (κ3) is 3.02. The molecule has 0 aromatic carbocycles. The van der Waals surface area contributed by atoms with Crippen LogP contribution in [0.4, 0.5) is 4.79 Å². The van der Waals surface area contributed by atoms with Gasteiger partial charge in [0, 0.05) is 36.0 Å². The minimum atomic E-state index is -0.286. The van der Waals surface area contributed by atoms with E-state index in [0.717, 1.165) is 23.7 Å². The first-order valence-electron chi connectivity index (χ1n) is 7.15. The first-order valence-corrected chi connectivity index (χ1v) is 7.94. The number of piperidine rings is 1. The maximum Gasteiger partial charge on any atom is 0.317 e. The zero-order chi connectivity index (χ0) is 14.8. The van der Waals surface area contributed by atoms with Crippen LogP contribution in [0, 0.1) is 5.41 Å². The van der Waals surface area contributed by atoms with Crippen LogP contribution in [0.1, 0.15) is 26.2 Å². The minimum absolute atomic E-state index is 0.0674. The van der Waals surface area contributed by atoms with Crippen LogP contribution < -0.4 is 5.32 Å². The first-order chi connectivity index (χ1) is 9.49. The molecule has 1 heterocycles. The fraction of sp³-hybridized carbons (Fsp3) is 0.786. The van der Waals surface area contributed by atoms with Crippen molar-refractivity contribution < 1.29 is 14.6 Å². The number of ether oxygens (including phenoxy) is 1. The summed E-state index contributed by atoms with van der Waals surface area (Å²) < 4.78 is 6.47. The lowest BCUT2D eigenvalue weighted by molar-refractivity contribution is -0.207. The molecule has 0 unspecified atom stereocenters. The van der Waals surface area contributed by atoms with E-state index in [1.165, 1.54) is 0 Å². The van der Waals surface area contributed by atoms with Crippen LogP contribution >= 0.6 is 15.9 Å². The van der Waals surface area contributed by atoms with Gasteiger partial charge in [0.15, 0.2) is 0 Å². The molecule has 5 nitrogen and oxygen atoms in total. The molecule has 2 amide bonds. The highest BCUT2D eigenvalue weighted by molar-refractivity contribution is 9.11. The molecule has 0 bridgehead atoms. The van der Waals surface area contributed by atoms with Crippen LogP contribution in [0.5, 0.6) is 0 Å². The Labute approximate surface area is 128 Å². The van der Waals surface area contributed by atoms with Gasteiger partial charge < -0.3 is 20.1 Å². The molecule has 2 rings (SSSR count). The summed E-state index contributed by atoms with van der Waals surface area (Å²) in [6.45, 7) is 8.12. The number of hydrogen-bond acceptors (Lipinski definition) is 3. The summed E-state index contributed by atoms with van der Waals surface area (Å²) >= 11 is 3.22. The number of halogens is 1. The second-order valence-corrected chi connectivity index (χ2v) is 6.71. The summed E-state index contributed by atoms with van der Waals surface area (Å²) in [5.41, 5.74) is -0.133. The maximum absolute atomic E-state index is 12.0. The summed E-state index contributed by atoms with van der Waals surface area (Å²) in [5, 5.41) is 12.9. The van der Waals surface area contributed by atoms with E-state index in [-0.39, 0.29) is 23.7 Å². The number of rotatable bonds is 4. The lowest BCUT2D eigenvalue weighted by Gasteiger charge is -2.56. The molecule has 114 valence electrons. The smallest absolute Gasteiger partial charge is 0.317 e. The number of hydrogen-bond donors (Lipinski definition) is 2. The average Bonchev–Trinajstić information content (AvgIpc) is 2.44. The van der Waals surface area contributed by atoms with Gasteiger partial charge in [-0.1, -0.05) is 22.5 Å². The number of aliphatic hydroxyl groups excluding tert-OH is 1. The zero-order valence-corrected chi connectivity index (χ0v) is 13.5. The van der Waals surface area contributed by atoms with E-state index in [4.69, 9.17) is 4.74 Å². The lowest BCUT2D eigenvalue weighted by atomic mass is 9.58. The molecule has 2 fully saturated rings. The van der Waals surface area contributed by atoms with E-state index in [1.54, 1.807) is 4.90 Å². The highest BCUT2D eigenvalue weighted by atomic mass is 79.9. The largest absolute Gasteiger partial charge is 0.392 e. The van der Waals surface area contributed by atoms with Crippen molar-refractivity contribution in [3.8, 4) is 0 Å². The van der Waals surface area contributed by atoms with Crippen LogP contribution in [0.25, 0.3) is 0 Å². The van der Waals surface area contributed by atoms with Gasteiger partial charge in [-0.05, 0) is 19.8 Å². The Bertz CT molecular complexity index is 379. The van der Waals surface area contributed by atoms with Gasteiger partial charge in [0.2, 0.25) is 0 Å². The van der Waals surface area contributed by atoms with Crippen molar-refractivity contribution in [2.75, 3.05) is 26.2 Å². The number of aliphatic hydroxyl groups is 1. The van der Waals surface area contributed by atoms with Crippen LogP contribution in [0.2, 0.25) is 0 Å². The number of likely N-dealkylation sites (tertiary alicyclic amines) is 1. The fourth-order valence-corrected chi connectivity index (χ4v) is 3.37. The molecule has 6 heteroatoms. The number of urea groups is 1. The molecule has 1 aliphatic heterocycles. The number of amides is 2. The van der Waals surface area contributed by atoms with Gasteiger partial charge in [-0.25, -0.2) is 4.79 Å². The van der Waals surface area contributed by atoms with Crippen molar-refractivity contribution in [3.05, 3.63) is 11.1 Å². The van der Waals surface area contributed by atoms with Gasteiger partial charge in [-0.3, -0.25) is 0 Å². The Kier molecular flexibility index (Phi) is 5.09. The molecule has 0 aromatic heterocycles. The Balaban J connectivity index is 1.85. The van der Waals surface area contributed by atoms with Crippen LogP contribution in [0.15, 0.2) is 11.1 Å². The maximum atomic E-state index is 12.0. The van der Waals surface area contributed by atoms with E-state index >= 15 is 0 Å². The highest BCUT2D eigenvalue weighted by Crippen LogP contribution is 2.50. The lowest BCUT2D eigenvalue weighted by Crippen LogP contribution is -2.63. The predicted octanol–water partition coefficient (Wildman–Crippen LogP) is 1.86. The molecule has 0 aromatic rings. The van der Waals surface area contributed by atoms with E-state index < -0.39 is 0 Å². The van der Waals surface area contributed by atoms with Gasteiger partial charge in [0.25, 0.3) is 0 Å². The SMILES string of the molecule is C=C(Br)CNC(=O)N1CCC2(CC1)[C@H](O)C[C@@H]2OCC. The van der Waals surface area contributed by atoms with Gasteiger partial charge >= 0.3 is 6.03 Å². The molecule has 0 radical (unpaired) electrons. The van der Waals surface area contributed by atoms with E-state index in [1.807, 2.05) is 6.92 Å². The van der Waals surface area contributed by atoms with Crippen molar-refractivity contribution in [3.63, 3.8) is 0 Å². The van der Waals surface area contributed by atoms with Crippen molar-refractivity contribution in [2.45, 2.75) is 38.4 Å². The Morgan fingerprint density at radius 3 is 2.70 bits per heavy atom. The summed E-state index contributed by atoms with van der Waals surface area (Å²) in [4.78, 5) is 13.8. The fourth-order valence-electron chi connectivity index (χ4n) is 3.23. The van der Waals surface area contributed by atoms with Gasteiger partial charge in [0.05, 0.1) is 18.8 Å². The van der Waals surface area contributed by atoms with Crippen molar-refractivity contribution in [1.82, 2.24) is 10.2 Å². The van der Waals surface area contributed by atoms with Crippen LogP contribution in [0.3, 0.4) is 0 Å². The Hall–Kier alpha value is -0.590. The quantitative estimate of drug-likeness (QED) is 0.816. The van der Waals surface area contributed by atoms with Gasteiger partial charge in [0.1, 0.15) is 0 Å².